The summed E-state index contributed by atoms with van der Waals surface area (Å²) < 4.78 is 79.3. The Morgan fingerprint density at radius 1 is 0.500 bits per heavy atom. The molecule has 0 fully saturated rings. The van der Waals surface area contributed by atoms with Crippen molar-refractivity contribution in [1.29, 1.82) is 0 Å². The van der Waals surface area contributed by atoms with E-state index in [2.05, 4.69) is 0 Å². The van der Waals surface area contributed by atoms with Crippen LogP contribution in [0.3, 0.4) is 0 Å². The monoisotopic (exact) mass is 394 g/mol. The fraction of sp³-hybridized carbons (Fsp3) is 1.00. The zero-order valence-corrected chi connectivity index (χ0v) is 15.1. The van der Waals surface area contributed by atoms with Crippen molar-refractivity contribution in [3.63, 3.8) is 0 Å². The summed E-state index contributed by atoms with van der Waals surface area (Å²) in [7, 11) is -7.85. The zero-order valence-electron chi connectivity index (χ0n) is 13.5. The Morgan fingerprint density at radius 2 is 0.750 bits per heavy atom. The molecule has 0 aliphatic heterocycles. The van der Waals surface area contributed by atoms with Crippen molar-refractivity contribution >= 4 is 20.2 Å². The highest BCUT2D eigenvalue weighted by Crippen LogP contribution is 1.91. The highest BCUT2D eigenvalue weighted by atomic mass is 32.2. The molecule has 0 aromatic heterocycles. The van der Waals surface area contributed by atoms with Gasteiger partial charge < -0.3 is 18.9 Å². The number of hydrogen-bond donors (Lipinski definition) is 2. The molecule has 10 nitrogen and oxygen atoms in total. The van der Waals surface area contributed by atoms with Crippen molar-refractivity contribution in [2.45, 2.75) is 12.8 Å². The molecule has 0 spiro atoms. The lowest BCUT2D eigenvalue weighted by molar-refractivity contribution is -0.00157. The SMILES string of the molecule is O=S(=O)(O)CCCOCCOCCOCCOCCCS(=O)(=O)O. The predicted octanol–water partition coefficient (Wildman–Crippen LogP) is -0.391. The van der Waals surface area contributed by atoms with E-state index in [1.807, 2.05) is 0 Å². The Balaban J connectivity index is 3.13. The van der Waals surface area contributed by atoms with Crippen LogP contribution in [0.2, 0.25) is 0 Å². The lowest BCUT2D eigenvalue weighted by atomic mass is 10.5. The maximum absolute atomic E-state index is 10.4. The van der Waals surface area contributed by atoms with Crippen molar-refractivity contribution in [2.75, 3.05) is 64.4 Å². The Labute approximate surface area is 142 Å². The highest BCUT2D eigenvalue weighted by Gasteiger charge is 2.03. The van der Waals surface area contributed by atoms with Crippen LogP contribution < -0.4 is 0 Å². The van der Waals surface area contributed by atoms with Gasteiger partial charge in [0.2, 0.25) is 0 Å². The van der Waals surface area contributed by atoms with Gasteiger partial charge in [0.1, 0.15) is 0 Å². The van der Waals surface area contributed by atoms with E-state index in [1.165, 1.54) is 0 Å². The lowest BCUT2D eigenvalue weighted by Gasteiger charge is -2.07. The molecule has 0 bridgehead atoms. The summed E-state index contributed by atoms with van der Waals surface area (Å²) >= 11 is 0. The van der Waals surface area contributed by atoms with Crippen LogP contribution in [0, 0.1) is 0 Å². The van der Waals surface area contributed by atoms with Crippen LogP contribution in [0.5, 0.6) is 0 Å². The first-order valence-electron chi connectivity index (χ1n) is 7.42. The first-order valence-corrected chi connectivity index (χ1v) is 10.6. The first kappa shape index (κ1) is 23.7. The van der Waals surface area contributed by atoms with Gasteiger partial charge in [-0.2, -0.15) is 16.8 Å². The molecular weight excluding hydrogens is 368 g/mol. The van der Waals surface area contributed by atoms with Gasteiger partial charge in [0, 0.05) is 13.2 Å². The van der Waals surface area contributed by atoms with Crippen LogP contribution in [-0.2, 0) is 39.2 Å². The van der Waals surface area contributed by atoms with Gasteiger partial charge in [0.05, 0.1) is 51.1 Å². The number of rotatable bonds is 17. The largest absolute Gasteiger partial charge is 0.379 e. The van der Waals surface area contributed by atoms with Crippen LogP contribution >= 0.6 is 0 Å². The van der Waals surface area contributed by atoms with Crippen molar-refractivity contribution in [1.82, 2.24) is 0 Å². The normalized spacial score (nSPS) is 12.6. The zero-order chi connectivity index (χ0) is 18.3. The van der Waals surface area contributed by atoms with E-state index in [-0.39, 0.29) is 37.6 Å². The van der Waals surface area contributed by atoms with Gasteiger partial charge >= 0.3 is 0 Å². The Kier molecular flexibility index (Phi) is 13.7. The number of ether oxygens (including phenoxy) is 4. The molecule has 2 N–H and O–H groups in total. The molecule has 0 aromatic carbocycles. The summed E-state index contributed by atoms with van der Waals surface area (Å²) in [5.74, 6) is -0.640. The minimum Gasteiger partial charge on any atom is -0.379 e. The number of hydrogen-bond acceptors (Lipinski definition) is 8. The third-order valence-corrected chi connectivity index (χ3v) is 4.11. The summed E-state index contributed by atoms with van der Waals surface area (Å²) in [6.45, 7) is 2.55. The molecule has 0 radical (unpaired) electrons. The first-order chi connectivity index (χ1) is 11.2. The van der Waals surface area contributed by atoms with E-state index in [9.17, 15) is 16.8 Å². The molecule has 24 heavy (non-hydrogen) atoms. The minimum absolute atomic E-state index is 0.228. The van der Waals surface area contributed by atoms with Crippen molar-refractivity contribution in [2.24, 2.45) is 0 Å². The van der Waals surface area contributed by atoms with Gasteiger partial charge in [0.25, 0.3) is 20.2 Å². The van der Waals surface area contributed by atoms with Crippen LogP contribution in [0.25, 0.3) is 0 Å². The van der Waals surface area contributed by atoms with E-state index in [0.717, 1.165) is 0 Å². The maximum atomic E-state index is 10.4. The summed E-state index contributed by atoms with van der Waals surface area (Å²) in [6.07, 6.45) is 0.457. The molecule has 0 amide bonds. The summed E-state index contributed by atoms with van der Waals surface area (Å²) in [4.78, 5) is 0. The fourth-order valence-corrected chi connectivity index (χ4v) is 2.41. The summed E-state index contributed by atoms with van der Waals surface area (Å²) in [5.41, 5.74) is 0. The van der Waals surface area contributed by atoms with Gasteiger partial charge in [-0.1, -0.05) is 0 Å². The van der Waals surface area contributed by atoms with Crippen molar-refractivity contribution in [3.8, 4) is 0 Å². The highest BCUT2D eigenvalue weighted by molar-refractivity contribution is 7.86. The minimum atomic E-state index is -3.92. The van der Waals surface area contributed by atoms with Crippen molar-refractivity contribution in [3.05, 3.63) is 0 Å². The molecule has 12 heteroatoms. The van der Waals surface area contributed by atoms with E-state index in [0.29, 0.717) is 39.6 Å². The maximum Gasteiger partial charge on any atom is 0.264 e. The van der Waals surface area contributed by atoms with Gasteiger partial charge in [0.15, 0.2) is 0 Å². The molecule has 0 atom stereocenters. The van der Waals surface area contributed by atoms with E-state index < -0.39 is 20.2 Å². The van der Waals surface area contributed by atoms with E-state index in [1.54, 1.807) is 0 Å². The lowest BCUT2D eigenvalue weighted by Crippen LogP contribution is -2.13. The Morgan fingerprint density at radius 3 is 1.00 bits per heavy atom. The van der Waals surface area contributed by atoms with Gasteiger partial charge in [-0.05, 0) is 12.8 Å². The Hall–Kier alpha value is -0.340. The van der Waals surface area contributed by atoms with Crippen molar-refractivity contribution < 1.29 is 44.9 Å². The third kappa shape index (κ3) is 21.7. The molecule has 0 aromatic rings. The second-order valence-electron chi connectivity index (χ2n) is 4.73. The molecule has 0 saturated heterocycles. The van der Waals surface area contributed by atoms with Crippen LogP contribution in [-0.4, -0.2) is 90.3 Å². The standard InChI is InChI=1S/C12H26O10S2/c13-23(14,15)11-1-3-19-5-7-21-9-10-22-8-6-20-4-2-12-24(16,17)18/h1-12H2,(H,13,14,15)(H,16,17,18). The predicted molar refractivity (Wildman–Crippen MR) is 85.3 cm³/mol. The second kappa shape index (κ2) is 13.9. The second-order valence-corrected chi connectivity index (χ2v) is 7.87. The van der Waals surface area contributed by atoms with Gasteiger partial charge in [-0.15, -0.1) is 0 Å². The molecule has 146 valence electrons. The van der Waals surface area contributed by atoms with Gasteiger partial charge in [-0.25, -0.2) is 0 Å². The van der Waals surface area contributed by atoms with Crippen LogP contribution in [0.1, 0.15) is 12.8 Å². The molecule has 0 heterocycles. The quantitative estimate of drug-likeness (QED) is 0.247. The fourth-order valence-electron chi connectivity index (χ4n) is 1.45. The molecule has 0 saturated carbocycles. The van der Waals surface area contributed by atoms with E-state index in [4.69, 9.17) is 28.1 Å². The van der Waals surface area contributed by atoms with Gasteiger partial charge in [-0.3, -0.25) is 9.11 Å². The molecule has 0 aliphatic carbocycles. The average molecular weight is 394 g/mol. The average Bonchev–Trinajstić information content (AvgIpc) is 2.44. The molecular formula is C12H26O10S2. The summed E-state index contributed by atoms with van der Waals surface area (Å²) in [6, 6.07) is 0. The van der Waals surface area contributed by atoms with Crippen LogP contribution in [0.15, 0.2) is 0 Å². The Bertz CT molecular complexity index is 442. The van der Waals surface area contributed by atoms with Crippen LogP contribution in [0.4, 0.5) is 0 Å². The molecule has 0 rings (SSSR count). The smallest absolute Gasteiger partial charge is 0.264 e. The molecule has 0 aliphatic rings. The third-order valence-electron chi connectivity index (χ3n) is 2.50. The topological polar surface area (TPSA) is 146 Å². The molecule has 0 unspecified atom stereocenters. The summed E-state index contributed by atoms with van der Waals surface area (Å²) in [5, 5.41) is 0. The van der Waals surface area contributed by atoms with E-state index >= 15 is 0 Å².